The predicted molar refractivity (Wildman–Crippen MR) is 75.0 cm³/mol. The van der Waals surface area contributed by atoms with E-state index >= 15 is 0 Å². The Hall–Kier alpha value is -1.77. The number of hydrogen-bond acceptors (Lipinski definition) is 1. The number of hydrogen-bond donors (Lipinski definition) is 0. The van der Waals surface area contributed by atoms with Crippen LogP contribution in [0.4, 0.5) is 10.5 Å². The van der Waals surface area contributed by atoms with Gasteiger partial charge >= 0.3 is 6.03 Å². The topological polar surface area (TPSA) is 23.6 Å². The lowest BCUT2D eigenvalue weighted by Crippen LogP contribution is -2.31. The van der Waals surface area contributed by atoms with Gasteiger partial charge in [0.25, 0.3) is 0 Å². The highest BCUT2D eigenvalue weighted by Gasteiger charge is 2.28. The average Bonchev–Trinajstić information content (AvgIpc) is 2.72. The third-order valence-electron chi connectivity index (χ3n) is 3.32. The van der Waals surface area contributed by atoms with Gasteiger partial charge in [0.05, 0.1) is 0 Å². The van der Waals surface area contributed by atoms with E-state index < -0.39 is 0 Å². The normalized spacial score (nSPS) is 15.6. The number of nitrogens with zero attached hydrogens (tertiary/aromatic N) is 2. The first-order valence-corrected chi connectivity index (χ1v) is 6.40. The van der Waals surface area contributed by atoms with E-state index in [4.69, 9.17) is 0 Å². The first kappa shape index (κ1) is 12.7. The van der Waals surface area contributed by atoms with Crippen molar-refractivity contribution in [2.75, 3.05) is 24.5 Å². The summed E-state index contributed by atoms with van der Waals surface area (Å²) in [7, 11) is 0. The van der Waals surface area contributed by atoms with Crippen molar-refractivity contribution in [2.45, 2.75) is 19.8 Å². The molecular weight excluding hydrogens is 224 g/mol. The van der Waals surface area contributed by atoms with Gasteiger partial charge in [0.1, 0.15) is 0 Å². The molecule has 1 heterocycles. The molecule has 0 aliphatic carbocycles. The fraction of sp³-hybridized carbons (Fsp3) is 0.400. The van der Waals surface area contributed by atoms with Crippen LogP contribution in [0.3, 0.4) is 0 Å². The van der Waals surface area contributed by atoms with Crippen LogP contribution in [0.1, 0.15) is 25.3 Å². The number of amides is 2. The molecule has 1 aliphatic heterocycles. The zero-order chi connectivity index (χ0) is 13.1. The standard InChI is InChI=1S/C15H20N2O/c1-4-9-16-10-11-17(15(16)18)14-7-5-13(6-8-14)12(2)3/h4-8,12H,1,9-11H2,2-3H3. The largest absolute Gasteiger partial charge is 0.324 e. The monoisotopic (exact) mass is 244 g/mol. The summed E-state index contributed by atoms with van der Waals surface area (Å²) in [5.74, 6) is 0.519. The zero-order valence-electron chi connectivity index (χ0n) is 11.1. The van der Waals surface area contributed by atoms with Crippen LogP contribution in [0, 0.1) is 0 Å². The van der Waals surface area contributed by atoms with Crippen LogP contribution in [0.5, 0.6) is 0 Å². The summed E-state index contributed by atoms with van der Waals surface area (Å²) < 4.78 is 0. The van der Waals surface area contributed by atoms with Gasteiger partial charge in [-0.1, -0.05) is 32.1 Å². The van der Waals surface area contributed by atoms with Gasteiger partial charge in [-0.05, 0) is 23.6 Å². The number of urea groups is 1. The fourth-order valence-corrected chi connectivity index (χ4v) is 2.19. The minimum absolute atomic E-state index is 0.0761. The Bertz CT molecular complexity index is 436. The molecule has 3 heteroatoms. The summed E-state index contributed by atoms with van der Waals surface area (Å²) in [5, 5.41) is 0. The van der Waals surface area contributed by atoms with E-state index in [0.717, 1.165) is 18.8 Å². The number of benzene rings is 1. The van der Waals surface area contributed by atoms with Gasteiger partial charge in [-0.25, -0.2) is 4.79 Å². The average molecular weight is 244 g/mol. The second-order valence-electron chi connectivity index (χ2n) is 4.92. The summed E-state index contributed by atoms with van der Waals surface area (Å²) in [6, 6.07) is 8.34. The Morgan fingerprint density at radius 2 is 1.94 bits per heavy atom. The molecule has 96 valence electrons. The minimum Gasteiger partial charge on any atom is -0.319 e. The molecule has 0 unspecified atom stereocenters. The Morgan fingerprint density at radius 3 is 2.50 bits per heavy atom. The van der Waals surface area contributed by atoms with Crippen LogP contribution in [-0.4, -0.2) is 30.6 Å². The molecule has 0 radical (unpaired) electrons. The highest BCUT2D eigenvalue weighted by molar-refractivity contribution is 5.94. The highest BCUT2D eigenvalue weighted by Crippen LogP contribution is 2.23. The van der Waals surface area contributed by atoms with Crippen LogP contribution in [-0.2, 0) is 0 Å². The Kier molecular flexibility index (Phi) is 3.70. The van der Waals surface area contributed by atoms with Crippen LogP contribution in [0.25, 0.3) is 0 Å². The van der Waals surface area contributed by atoms with Crippen molar-refractivity contribution < 1.29 is 4.79 Å². The number of carbonyl (C=O) groups excluding carboxylic acids is 1. The fourth-order valence-electron chi connectivity index (χ4n) is 2.19. The molecule has 0 bridgehead atoms. The molecule has 1 aromatic rings. The van der Waals surface area contributed by atoms with E-state index in [-0.39, 0.29) is 6.03 Å². The lowest BCUT2D eigenvalue weighted by molar-refractivity contribution is 0.225. The van der Waals surface area contributed by atoms with Crippen LogP contribution in [0.15, 0.2) is 36.9 Å². The molecule has 1 aromatic carbocycles. The van der Waals surface area contributed by atoms with Gasteiger partial charge in [0, 0.05) is 25.3 Å². The number of carbonyl (C=O) groups is 1. The van der Waals surface area contributed by atoms with Crippen molar-refractivity contribution in [1.82, 2.24) is 4.90 Å². The molecule has 1 fully saturated rings. The lowest BCUT2D eigenvalue weighted by atomic mass is 10.0. The van der Waals surface area contributed by atoms with E-state index in [1.807, 2.05) is 21.9 Å². The van der Waals surface area contributed by atoms with E-state index in [1.54, 1.807) is 6.08 Å². The van der Waals surface area contributed by atoms with Gasteiger partial charge in [0.2, 0.25) is 0 Å². The van der Waals surface area contributed by atoms with Gasteiger partial charge in [-0.3, -0.25) is 4.90 Å². The van der Waals surface area contributed by atoms with Crippen molar-refractivity contribution in [3.63, 3.8) is 0 Å². The summed E-state index contributed by atoms with van der Waals surface area (Å²) in [6.07, 6.45) is 1.77. The molecule has 1 saturated heterocycles. The van der Waals surface area contributed by atoms with Crippen molar-refractivity contribution in [1.29, 1.82) is 0 Å². The summed E-state index contributed by atoms with van der Waals surface area (Å²) in [6.45, 7) is 10.2. The molecule has 2 amide bonds. The molecule has 0 spiro atoms. The first-order valence-electron chi connectivity index (χ1n) is 6.40. The summed E-state index contributed by atoms with van der Waals surface area (Å²) in [4.78, 5) is 15.8. The van der Waals surface area contributed by atoms with Crippen molar-refractivity contribution in [3.05, 3.63) is 42.5 Å². The molecule has 0 N–H and O–H groups in total. The Balaban J connectivity index is 2.13. The number of rotatable bonds is 4. The highest BCUT2D eigenvalue weighted by atomic mass is 16.2. The molecule has 0 saturated carbocycles. The lowest BCUT2D eigenvalue weighted by Gasteiger charge is -2.18. The zero-order valence-corrected chi connectivity index (χ0v) is 11.1. The molecule has 3 nitrogen and oxygen atoms in total. The van der Waals surface area contributed by atoms with Gasteiger partial charge < -0.3 is 4.90 Å². The molecule has 0 aromatic heterocycles. The predicted octanol–water partition coefficient (Wildman–Crippen LogP) is 3.24. The smallest absolute Gasteiger partial charge is 0.319 e. The van der Waals surface area contributed by atoms with Crippen LogP contribution < -0.4 is 4.90 Å². The van der Waals surface area contributed by atoms with E-state index in [0.29, 0.717) is 12.5 Å². The molecule has 1 aliphatic rings. The quantitative estimate of drug-likeness (QED) is 0.746. The molecule has 0 atom stereocenters. The van der Waals surface area contributed by atoms with Crippen molar-refractivity contribution >= 4 is 11.7 Å². The second-order valence-corrected chi connectivity index (χ2v) is 4.92. The second kappa shape index (κ2) is 5.25. The maximum Gasteiger partial charge on any atom is 0.324 e. The van der Waals surface area contributed by atoms with Gasteiger partial charge in [-0.15, -0.1) is 6.58 Å². The van der Waals surface area contributed by atoms with Crippen LogP contribution >= 0.6 is 0 Å². The Labute approximate surface area is 109 Å². The van der Waals surface area contributed by atoms with Crippen molar-refractivity contribution in [2.24, 2.45) is 0 Å². The third-order valence-corrected chi connectivity index (χ3v) is 3.32. The molecular formula is C15H20N2O. The Morgan fingerprint density at radius 1 is 1.28 bits per heavy atom. The maximum atomic E-state index is 12.1. The van der Waals surface area contributed by atoms with Gasteiger partial charge in [-0.2, -0.15) is 0 Å². The SMILES string of the molecule is C=CCN1CCN(c2ccc(C(C)C)cc2)C1=O. The van der Waals surface area contributed by atoms with E-state index in [1.165, 1.54) is 5.56 Å². The van der Waals surface area contributed by atoms with Crippen molar-refractivity contribution in [3.8, 4) is 0 Å². The third kappa shape index (κ3) is 2.40. The minimum atomic E-state index is 0.0761. The van der Waals surface area contributed by atoms with Gasteiger partial charge in [0.15, 0.2) is 0 Å². The number of anilines is 1. The van der Waals surface area contributed by atoms with E-state index in [9.17, 15) is 4.79 Å². The summed E-state index contributed by atoms with van der Waals surface area (Å²) >= 11 is 0. The first-order chi connectivity index (χ1) is 8.63. The van der Waals surface area contributed by atoms with E-state index in [2.05, 4.69) is 32.6 Å². The molecule has 18 heavy (non-hydrogen) atoms. The summed E-state index contributed by atoms with van der Waals surface area (Å²) in [5.41, 5.74) is 2.28. The molecule has 2 rings (SSSR count). The maximum absolute atomic E-state index is 12.1. The van der Waals surface area contributed by atoms with Crippen LogP contribution in [0.2, 0.25) is 0 Å².